The third kappa shape index (κ3) is 2.98. The number of aryl methyl sites for hydroxylation is 1. The molecular formula is C12H23N3O. The van der Waals surface area contributed by atoms with Crippen molar-refractivity contribution in [2.75, 3.05) is 13.7 Å². The van der Waals surface area contributed by atoms with Gasteiger partial charge in [0.05, 0.1) is 25.0 Å². The first-order valence-corrected chi connectivity index (χ1v) is 6.07. The van der Waals surface area contributed by atoms with Crippen LogP contribution in [0.15, 0.2) is 6.20 Å². The molecule has 0 bridgehead atoms. The minimum absolute atomic E-state index is 0.281. The molecule has 1 atom stereocenters. The standard InChI is InChI=1S/C12H23N3O/c1-5-7-13-10(3)12-11(16-4)9-14-15(12)8-6-2/h9-10,13H,5-8H2,1-4H3. The lowest BCUT2D eigenvalue weighted by molar-refractivity contribution is 0.394. The fourth-order valence-electron chi connectivity index (χ4n) is 1.82. The molecule has 0 saturated heterocycles. The first-order chi connectivity index (χ1) is 7.74. The van der Waals surface area contributed by atoms with Crippen LogP contribution in [-0.4, -0.2) is 23.4 Å². The summed E-state index contributed by atoms with van der Waals surface area (Å²) >= 11 is 0. The fraction of sp³-hybridized carbons (Fsp3) is 0.750. The highest BCUT2D eigenvalue weighted by atomic mass is 16.5. The molecule has 1 aromatic rings. The molecule has 4 nitrogen and oxygen atoms in total. The van der Waals surface area contributed by atoms with Gasteiger partial charge >= 0.3 is 0 Å². The summed E-state index contributed by atoms with van der Waals surface area (Å²) in [6.45, 7) is 8.43. The van der Waals surface area contributed by atoms with Crippen LogP contribution < -0.4 is 10.1 Å². The molecule has 0 aliphatic rings. The first-order valence-electron chi connectivity index (χ1n) is 6.07. The Labute approximate surface area is 98.0 Å². The minimum atomic E-state index is 0.281. The molecule has 1 rings (SSSR count). The molecule has 1 aromatic heterocycles. The summed E-state index contributed by atoms with van der Waals surface area (Å²) in [5.41, 5.74) is 1.15. The van der Waals surface area contributed by atoms with Gasteiger partial charge in [0.15, 0.2) is 5.75 Å². The zero-order chi connectivity index (χ0) is 12.0. The molecule has 1 heterocycles. The first kappa shape index (κ1) is 13.0. The van der Waals surface area contributed by atoms with E-state index in [2.05, 4.69) is 31.2 Å². The average molecular weight is 225 g/mol. The van der Waals surface area contributed by atoms with Crippen molar-refractivity contribution in [1.82, 2.24) is 15.1 Å². The SMILES string of the molecule is CCCNC(C)c1c(OC)cnn1CCC. The van der Waals surface area contributed by atoms with Crippen LogP contribution >= 0.6 is 0 Å². The Morgan fingerprint density at radius 2 is 2.19 bits per heavy atom. The van der Waals surface area contributed by atoms with Gasteiger partial charge in [-0.25, -0.2) is 0 Å². The maximum absolute atomic E-state index is 5.35. The van der Waals surface area contributed by atoms with Gasteiger partial charge in [0.1, 0.15) is 0 Å². The number of hydrogen-bond acceptors (Lipinski definition) is 3. The summed E-state index contributed by atoms with van der Waals surface area (Å²) in [6, 6.07) is 0.281. The van der Waals surface area contributed by atoms with Crippen LogP contribution in [0, 0.1) is 0 Å². The average Bonchev–Trinajstić information content (AvgIpc) is 2.69. The van der Waals surface area contributed by atoms with Gasteiger partial charge in [-0.1, -0.05) is 13.8 Å². The maximum atomic E-state index is 5.35. The van der Waals surface area contributed by atoms with Crippen LogP contribution in [0.25, 0.3) is 0 Å². The van der Waals surface area contributed by atoms with Crippen LogP contribution in [0.1, 0.15) is 45.3 Å². The Balaban J connectivity index is 2.84. The van der Waals surface area contributed by atoms with Crippen molar-refractivity contribution in [3.05, 3.63) is 11.9 Å². The highest BCUT2D eigenvalue weighted by Gasteiger charge is 2.16. The monoisotopic (exact) mass is 225 g/mol. The van der Waals surface area contributed by atoms with Gasteiger partial charge < -0.3 is 10.1 Å². The van der Waals surface area contributed by atoms with Gasteiger partial charge in [-0.15, -0.1) is 0 Å². The van der Waals surface area contributed by atoms with E-state index in [4.69, 9.17) is 4.74 Å². The van der Waals surface area contributed by atoms with Gasteiger partial charge in [0.2, 0.25) is 0 Å². The summed E-state index contributed by atoms with van der Waals surface area (Å²) in [7, 11) is 1.70. The molecular weight excluding hydrogens is 202 g/mol. The van der Waals surface area contributed by atoms with E-state index in [1.165, 1.54) is 0 Å². The number of methoxy groups -OCH3 is 1. The van der Waals surface area contributed by atoms with E-state index in [1.807, 2.05) is 4.68 Å². The van der Waals surface area contributed by atoms with Crippen LogP contribution in [-0.2, 0) is 6.54 Å². The van der Waals surface area contributed by atoms with Crippen molar-refractivity contribution in [2.24, 2.45) is 0 Å². The second-order valence-corrected chi connectivity index (χ2v) is 4.00. The second-order valence-electron chi connectivity index (χ2n) is 4.00. The molecule has 1 N–H and O–H groups in total. The second kappa shape index (κ2) is 6.53. The lowest BCUT2D eigenvalue weighted by Crippen LogP contribution is -2.23. The van der Waals surface area contributed by atoms with E-state index < -0.39 is 0 Å². The van der Waals surface area contributed by atoms with Gasteiger partial charge in [0.25, 0.3) is 0 Å². The van der Waals surface area contributed by atoms with Crippen LogP contribution in [0.4, 0.5) is 0 Å². The zero-order valence-electron chi connectivity index (χ0n) is 10.8. The Kier molecular flexibility index (Phi) is 5.32. The lowest BCUT2D eigenvalue weighted by Gasteiger charge is -2.16. The maximum Gasteiger partial charge on any atom is 0.161 e. The Morgan fingerprint density at radius 1 is 1.44 bits per heavy atom. The number of rotatable bonds is 7. The Hall–Kier alpha value is -1.03. The van der Waals surface area contributed by atoms with E-state index in [1.54, 1.807) is 13.3 Å². The highest BCUT2D eigenvalue weighted by molar-refractivity contribution is 5.27. The summed E-state index contributed by atoms with van der Waals surface area (Å²) in [5.74, 6) is 0.879. The fourth-order valence-corrected chi connectivity index (χ4v) is 1.82. The van der Waals surface area contributed by atoms with Crippen molar-refractivity contribution in [2.45, 2.75) is 46.2 Å². The van der Waals surface area contributed by atoms with Crippen molar-refractivity contribution in [1.29, 1.82) is 0 Å². The summed E-state index contributed by atoms with van der Waals surface area (Å²) in [4.78, 5) is 0. The summed E-state index contributed by atoms with van der Waals surface area (Å²) < 4.78 is 7.38. The van der Waals surface area contributed by atoms with E-state index in [0.717, 1.165) is 37.4 Å². The number of aromatic nitrogens is 2. The minimum Gasteiger partial charge on any atom is -0.493 e. The van der Waals surface area contributed by atoms with Gasteiger partial charge in [-0.3, -0.25) is 4.68 Å². The molecule has 4 heteroatoms. The topological polar surface area (TPSA) is 39.1 Å². The molecule has 0 aliphatic carbocycles. The van der Waals surface area contributed by atoms with E-state index >= 15 is 0 Å². The lowest BCUT2D eigenvalue weighted by atomic mass is 10.2. The molecule has 1 unspecified atom stereocenters. The molecule has 0 amide bonds. The molecule has 0 spiro atoms. The van der Waals surface area contributed by atoms with Gasteiger partial charge in [-0.2, -0.15) is 5.10 Å². The van der Waals surface area contributed by atoms with Crippen LogP contribution in [0.3, 0.4) is 0 Å². The summed E-state index contributed by atoms with van der Waals surface area (Å²) in [6.07, 6.45) is 4.02. The van der Waals surface area contributed by atoms with Crippen molar-refractivity contribution < 1.29 is 4.74 Å². The van der Waals surface area contributed by atoms with E-state index in [0.29, 0.717) is 0 Å². The van der Waals surface area contributed by atoms with Crippen molar-refractivity contribution in [3.8, 4) is 5.75 Å². The number of ether oxygens (including phenoxy) is 1. The smallest absolute Gasteiger partial charge is 0.161 e. The van der Waals surface area contributed by atoms with Crippen LogP contribution in [0.5, 0.6) is 5.75 Å². The van der Waals surface area contributed by atoms with Crippen molar-refractivity contribution in [3.63, 3.8) is 0 Å². The Bertz CT molecular complexity index is 309. The number of hydrogen-bond donors (Lipinski definition) is 1. The molecule has 0 aliphatic heterocycles. The quantitative estimate of drug-likeness (QED) is 0.774. The van der Waals surface area contributed by atoms with Crippen LogP contribution in [0.2, 0.25) is 0 Å². The molecule has 0 fully saturated rings. The summed E-state index contributed by atoms with van der Waals surface area (Å²) in [5, 5.41) is 7.82. The zero-order valence-corrected chi connectivity index (χ0v) is 10.8. The third-order valence-corrected chi connectivity index (χ3v) is 2.61. The number of nitrogens with zero attached hydrogens (tertiary/aromatic N) is 2. The van der Waals surface area contributed by atoms with E-state index in [9.17, 15) is 0 Å². The number of nitrogens with one attached hydrogen (secondary N) is 1. The third-order valence-electron chi connectivity index (χ3n) is 2.61. The van der Waals surface area contributed by atoms with Crippen molar-refractivity contribution >= 4 is 0 Å². The normalized spacial score (nSPS) is 12.8. The molecule has 0 radical (unpaired) electrons. The van der Waals surface area contributed by atoms with Gasteiger partial charge in [0, 0.05) is 6.54 Å². The molecule has 16 heavy (non-hydrogen) atoms. The predicted octanol–water partition coefficient (Wildman–Crippen LogP) is 2.36. The molecule has 0 saturated carbocycles. The predicted molar refractivity (Wildman–Crippen MR) is 65.8 cm³/mol. The molecule has 92 valence electrons. The highest BCUT2D eigenvalue weighted by Crippen LogP contribution is 2.24. The Morgan fingerprint density at radius 3 is 2.75 bits per heavy atom. The van der Waals surface area contributed by atoms with Gasteiger partial charge in [-0.05, 0) is 26.3 Å². The molecule has 0 aromatic carbocycles. The van der Waals surface area contributed by atoms with E-state index in [-0.39, 0.29) is 6.04 Å². The largest absolute Gasteiger partial charge is 0.493 e.